The number of nitrogens with two attached hydrogens (primary N) is 1. The van der Waals surface area contributed by atoms with E-state index in [1.54, 1.807) is 29.8 Å². The van der Waals surface area contributed by atoms with Crippen molar-refractivity contribution in [3.05, 3.63) is 62.5 Å². The van der Waals surface area contributed by atoms with Crippen molar-refractivity contribution in [1.82, 2.24) is 9.38 Å². The van der Waals surface area contributed by atoms with Crippen molar-refractivity contribution in [2.24, 2.45) is 5.73 Å². The Morgan fingerprint density at radius 2 is 2.23 bits per heavy atom. The molecule has 8 heteroatoms. The molecule has 0 unspecified atom stereocenters. The number of rotatable bonds is 4. The van der Waals surface area contributed by atoms with Gasteiger partial charge in [0.25, 0.3) is 11.5 Å². The van der Waals surface area contributed by atoms with Crippen LogP contribution >= 0.6 is 22.9 Å². The molecule has 0 aliphatic heterocycles. The lowest BCUT2D eigenvalue weighted by atomic mass is 10.1. The minimum Gasteiger partial charge on any atom is -0.379 e. The number of nitrogens with zero attached hydrogens (tertiary/aromatic N) is 2. The smallest absolute Gasteiger partial charge is 0.258 e. The number of hydrogen-bond donors (Lipinski definition) is 2. The molecule has 112 valence electrons. The van der Waals surface area contributed by atoms with Crippen LogP contribution in [0, 0.1) is 0 Å². The Morgan fingerprint density at radius 1 is 1.41 bits per heavy atom. The van der Waals surface area contributed by atoms with E-state index in [0.717, 1.165) is 0 Å². The first-order valence-electron chi connectivity index (χ1n) is 6.33. The summed E-state index contributed by atoms with van der Waals surface area (Å²) in [5.74, 6) is -0.555. The predicted octanol–water partition coefficient (Wildman–Crippen LogP) is 2.12. The Balaban J connectivity index is 1.89. The fourth-order valence-corrected chi connectivity index (χ4v) is 2.95. The van der Waals surface area contributed by atoms with Gasteiger partial charge in [0.2, 0.25) is 0 Å². The highest BCUT2D eigenvalue weighted by Crippen LogP contribution is 2.21. The van der Waals surface area contributed by atoms with Crippen molar-refractivity contribution < 1.29 is 4.79 Å². The topological polar surface area (TPSA) is 89.5 Å². The third-order valence-corrected chi connectivity index (χ3v) is 4.05. The Hall–Kier alpha value is -2.38. The monoisotopic (exact) mass is 334 g/mol. The number of benzene rings is 1. The summed E-state index contributed by atoms with van der Waals surface area (Å²) in [6, 6.07) is 6.20. The van der Waals surface area contributed by atoms with Gasteiger partial charge in [0.1, 0.15) is 0 Å². The van der Waals surface area contributed by atoms with E-state index in [1.165, 1.54) is 21.8 Å². The third kappa shape index (κ3) is 2.81. The van der Waals surface area contributed by atoms with Crippen LogP contribution in [-0.4, -0.2) is 15.3 Å². The summed E-state index contributed by atoms with van der Waals surface area (Å²) in [6.07, 6.45) is 1.68. The molecular weight excluding hydrogens is 324 g/mol. The lowest BCUT2D eigenvalue weighted by molar-refractivity contribution is 0.100. The van der Waals surface area contributed by atoms with Crippen molar-refractivity contribution in [3.63, 3.8) is 0 Å². The zero-order valence-electron chi connectivity index (χ0n) is 11.2. The summed E-state index contributed by atoms with van der Waals surface area (Å²) in [7, 11) is 0. The second-order valence-electron chi connectivity index (χ2n) is 4.55. The quantitative estimate of drug-likeness (QED) is 0.764. The lowest BCUT2D eigenvalue weighted by Gasteiger charge is -2.10. The van der Waals surface area contributed by atoms with Gasteiger partial charge in [-0.1, -0.05) is 11.6 Å². The molecule has 2 aromatic heterocycles. The molecule has 0 bridgehead atoms. The molecule has 22 heavy (non-hydrogen) atoms. The molecule has 3 N–H and O–H groups in total. The molecule has 0 spiro atoms. The van der Waals surface area contributed by atoms with Crippen LogP contribution in [0.4, 0.5) is 5.69 Å². The van der Waals surface area contributed by atoms with E-state index in [1.807, 2.05) is 0 Å². The van der Waals surface area contributed by atoms with Gasteiger partial charge in [-0.15, -0.1) is 11.3 Å². The molecule has 0 radical (unpaired) electrons. The van der Waals surface area contributed by atoms with Gasteiger partial charge >= 0.3 is 0 Å². The standard InChI is InChI=1S/C14H11ClN4O2S/c15-8-1-2-10(13(16)21)11(5-8)17-7-9-6-12(20)19-3-4-22-14(19)18-9/h1-6,17H,7H2,(H2,16,21). The van der Waals surface area contributed by atoms with Crippen LogP contribution in [0.3, 0.4) is 0 Å². The molecule has 0 saturated carbocycles. The van der Waals surface area contributed by atoms with Crippen LogP contribution in [0.1, 0.15) is 16.1 Å². The summed E-state index contributed by atoms with van der Waals surface area (Å²) in [5, 5.41) is 5.32. The number of carbonyl (C=O) groups is 1. The van der Waals surface area contributed by atoms with Gasteiger partial charge in [-0.2, -0.15) is 0 Å². The van der Waals surface area contributed by atoms with E-state index >= 15 is 0 Å². The molecule has 0 fully saturated rings. The molecule has 2 heterocycles. The molecule has 0 atom stereocenters. The minimum absolute atomic E-state index is 0.149. The van der Waals surface area contributed by atoms with E-state index < -0.39 is 5.91 Å². The average molecular weight is 335 g/mol. The zero-order chi connectivity index (χ0) is 15.7. The molecule has 0 aliphatic rings. The second-order valence-corrected chi connectivity index (χ2v) is 5.86. The van der Waals surface area contributed by atoms with Crippen LogP contribution in [0.5, 0.6) is 0 Å². The van der Waals surface area contributed by atoms with Crippen molar-refractivity contribution in [3.8, 4) is 0 Å². The first-order chi connectivity index (χ1) is 10.5. The summed E-state index contributed by atoms with van der Waals surface area (Å²) in [5.41, 5.74) is 6.59. The number of fused-ring (bicyclic) bond motifs is 1. The Kier molecular flexibility index (Phi) is 3.82. The second kappa shape index (κ2) is 5.78. The molecule has 3 rings (SSSR count). The fraction of sp³-hybridized carbons (Fsp3) is 0.0714. The van der Waals surface area contributed by atoms with Crippen LogP contribution in [0.2, 0.25) is 5.02 Å². The van der Waals surface area contributed by atoms with Crippen LogP contribution in [0.15, 0.2) is 40.6 Å². The van der Waals surface area contributed by atoms with E-state index in [4.69, 9.17) is 17.3 Å². The number of nitrogens with one attached hydrogen (secondary N) is 1. The summed E-state index contributed by atoms with van der Waals surface area (Å²) in [6.45, 7) is 0.282. The van der Waals surface area contributed by atoms with Gasteiger partial charge < -0.3 is 11.1 Å². The Labute approximate surface area is 134 Å². The summed E-state index contributed by atoms with van der Waals surface area (Å²) >= 11 is 7.31. The van der Waals surface area contributed by atoms with E-state index in [-0.39, 0.29) is 12.1 Å². The largest absolute Gasteiger partial charge is 0.379 e. The summed E-state index contributed by atoms with van der Waals surface area (Å²) < 4.78 is 1.47. The molecule has 1 aromatic carbocycles. The van der Waals surface area contributed by atoms with Gasteiger partial charge in [0.05, 0.1) is 17.8 Å². The first kappa shape index (κ1) is 14.6. The number of aromatic nitrogens is 2. The van der Waals surface area contributed by atoms with E-state index in [2.05, 4.69) is 10.3 Å². The number of thiazole rings is 1. The van der Waals surface area contributed by atoms with Crippen molar-refractivity contribution in [2.75, 3.05) is 5.32 Å². The van der Waals surface area contributed by atoms with Gasteiger partial charge in [-0.25, -0.2) is 4.98 Å². The highest BCUT2D eigenvalue weighted by molar-refractivity contribution is 7.15. The number of hydrogen-bond acceptors (Lipinski definition) is 5. The van der Waals surface area contributed by atoms with Crippen molar-refractivity contribution in [2.45, 2.75) is 6.54 Å². The molecule has 6 nitrogen and oxygen atoms in total. The molecule has 1 amide bonds. The average Bonchev–Trinajstić information content (AvgIpc) is 2.94. The SMILES string of the molecule is NC(=O)c1ccc(Cl)cc1NCc1cc(=O)n2ccsc2n1. The Morgan fingerprint density at radius 3 is 3.00 bits per heavy atom. The first-order valence-corrected chi connectivity index (χ1v) is 7.59. The fourth-order valence-electron chi connectivity index (χ4n) is 2.04. The highest BCUT2D eigenvalue weighted by Gasteiger charge is 2.09. The third-order valence-electron chi connectivity index (χ3n) is 3.06. The van der Waals surface area contributed by atoms with Gasteiger partial charge in [-0.05, 0) is 18.2 Å². The maximum atomic E-state index is 11.9. The number of carbonyl (C=O) groups excluding carboxylic acids is 1. The molecule has 3 aromatic rings. The number of primary amides is 1. The molecule has 0 aliphatic carbocycles. The van der Waals surface area contributed by atoms with Gasteiger partial charge in [0, 0.05) is 28.4 Å². The highest BCUT2D eigenvalue weighted by atomic mass is 35.5. The number of anilines is 1. The van der Waals surface area contributed by atoms with Crippen molar-refractivity contribution >= 4 is 39.5 Å². The number of amides is 1. The predicted molar refractivity (Wildman–Crippen MR) is 86.6 cm³/mol. The van der Waals surface area contributed by atoms with Crippen LogP contribution < -0.4 is 16.6 Å². The van der Waals surface area contributed by atoms with E-state index in [0.29, 0.717) is 26.9 Å². The molecule has 0 saturated heterocycles. The maximum Gasteiger partial charge on any atom is 0.258 e. The van der Waals surface area contributed by atoms with Crippen molar-refractivity contribution in [1.29, 1.82) is 0 Å². The zero-order valence-corrected chi connectivity index (χ0v) is 12.8. The van der Waals surface area contributed by atoms with Gasteiger partial charge in [-0.3, -0.25) is 14.0 Å². The normalized spacial score (nSPS) is 10.8. The lowest BCUT2D eigenvalue weighted by Crippen LogP contribution is -2.17. The van der Waals surface area contributed by atoms with Crippen LogP contribution in [0.25, 0.3) is 4.96 Å². The maximum absolute atomic E-state index is 11.9. The van der Waals surface area contributed by atoms with Gasteiger partial charge in [0.15, 0.2) is 4.96 Å². The van der Waals surface area contributed by atoms with Crippen LogP contribution in [-0.2, 0) is 6.54 Å². The summed E-state index contributed by atoms with van der Waals surface area (Å²) in [4.78, 5) is 28.3. The minimum atomic E-state index is -0.555. The Bertz CT molecular complexity index is 919. The molecular formula is C14H11ClN4O2S. The number of halogens is 1. The van der Waals surface area contributed by atoms with E-state index in [9.17, 15) is 9.59 Å².